The fraction of sp³-hybridized carbons (Fsp3) is 0.321. The largest absolute Gasteiger partial charge is 0.462 e. The van der Waals surface area contributed by atoms with Gasteiger partial charge in [-0.15, -0.1) is 6.42 Å². The van der Waals surface area contributed by atoms with Gasteiger partial charge in [0, 0.05) is 55.0 Å². The van der Waals surface area contributed by atoms with Crippen LogP contribution in [-0.4, -0.2) is 77.7 Å². The van der Waals surface area contributed by atoms with Crippen LogP contribution in [0.3, 0.4) is 0 Å². The highest BCUT2D eigenvalue weighted by Gasteiger charge is 2.24. The number of nitrogens with one attached hydrogen (secondary N) is 1. The molecule has 3 aromatic rings. The molecule has 1 fully saturated rings. The minimum Gasteiger partial charge on any atom is -0.462 e. The number of morpholine rings is 1. The van der Waals surface area contributed by atoms with Gasteiger partial charge in [0.25, 0.3) is 0 Å². The molecular formula is C28H28N6O4. The normalized spacial score (nSPS) is 15.4. The van der Waals surface area contributed by atoms with Gasteiger partial charge in [0.1, 0.15) is 18.0 Å². The fourth-order valence-electron chi connectivity index (χ4n) is 4.56. The zero-order valence-corrected chi connectivity index (χ0v) is 20.9. The van der Waals surface area contributed by atoms with Crippen molar-refractivity contribution in [3.63, 3.8) is 0 Å². The second kappa shape index (κ2) is 11.8. The van der Waals surface area contributed by atoms with Crippen LogP contribution in [0.2, 0.25) is 0 Å². The van der Waals surface area contributed by atoms with E-state index in [-0.39, 0.29) is 0 Å². The summed E-state index contributed by atoms with van der Waals surface area (Å²) in [4.78, 5) is 41.9. The highest BCUT2D eigenvalue weighted by molar-refractivity contribution is 6.03. The van der Waals surface area contributed by atoms with Crippen LogP contribution in [0.4, 0.5) is 17.3 Å². The number of hydrogen-bond donors (Lipinski definition) is 1. The number of terminal acetylenes is 1. The molecule has 38 heavy (non-hydrogen) atoms. The lowest BCUT2D eigenvalue weighted by Gasteiger charge is -2.26. The molecule has 10 heteroatoms. The number of benzene rings is 1. The number of anilines is 3. The van der Waals surface area contributed by atoms with Gasteiger partial charge >= 0.3 is 5.97 Å². The predicted molar refractivity (Wildman–Crippen MR) is 143 cm³/mol. The molecule has 0 atom stereocenters. The molecule has 0 saturated carbocycles. The van der Waals surface area contributed by atoms with Crippen LogP contribution < -0.4 is 10.2 Å². The number of hydrogen-bond acceptors (Lipinski definition) is 9. The molecule has 0 aliphatic carbocycles. The van der Waals surface area contributed by atoms with E-state index in [9.17, 15) is 9.59 Å². The monoisotopic (exact) mass is 512 g/mol. The lowest BCUT2D eigenvalue weighted by Crippen LogP contribution is -2.37. The van der Waals surface area contributed by atoms with Gasteiger partial charge in [-0.05, 0) is 36.6 Å². The topological polar surface area (TPSA) is 110 Å². The summed E-state index contributed by atoms with van der Waals surface area (Å²) >= 11 is 0. The summed E-state index contributed by atoms with van der Waals surface area (Å²) in [5.74, 6) is 2.64. The molecule has 5 rings (SSSR count). The second-order valence-corrected chi connectivity index (χ2v) is 8.97. The first kappa shape index (κ1) is 25.3. The Morgan fingerprint density at radius 2 is 2.00 bits per heavy atom. The fourth-order valence-corrected chi connectivity index (χ4v) is 4.56. The Kier molecular flexibility index (Phi) is 7.87. The van der Waals surface area contributed by atoms with E-state index in [0.29, 0.717) is 23.8 Å². The van der Waals surface area contributed by atoms with E-state index < -0.39 is 11.9 Å². The summed E-state index contributed by atoms with van der Waals surface area (Å²) in [6.45, 7) is 5.13. The van der Waals surface area contributed by atoms with Crippen LogP contribution in [0, 0.1) is 12.3 Å². The molecule has 1 N–H and O–H groups in total. The van der Waals surface area contributed by atoms with E-state index in [1.54, 1.807) is 12.3 Å². The molecule has 4 heterocycles. The van der Waals surface area contributed by atoms with Crippen LogP contribution in [0.5, 0.6) is 0 Å². The van der Waals surface area contributed by atoms with Crippen LogP contribution in [-0.2, 0) is 25.5 Å². The maximum absolute atomic E-state index is 12.4. The van der Waals surface area contributed by atoms with E-state index in [1.165, 1.54) is 11.9 Å². The SMILES string of the molecule is C#Cc1ccc2c(c1)N(c1ncnc3cnc(NC(=O)/C=C/C(=O)OCCCN4CCOCC4)cc13)CC2. The number of esters is 1. The summed E-state index contributed by atoms with van der Waals surface area (Å²) in [5.41, 5.74) is 3.64. The first-order valence-electron chi connectivity index (χ1n) is 12.5. The van der Waals surface area contributed by atoms with Crippen LogP contribution >= 0.6 is 0 Å². The van der Waals surface area contributed by atoms with Crippen molar-refractivity contribution in [1.82, 2.24) is 19.9 Å². The summed E-state index contributed by atoms with van der Waals surface area (Å²) in [5, 5.41) is 3.43. The molecule has 0 bridgehead atoms. The molecule has 1 saturated heterocycles. The molecule has 194 valence electrons. The lowest BCUT2D eigenvalue weighted by atomic mass is 10.1. The number of pyridine rings is 1. The number of ether oxygens (including phenoxy) is 2. The number of carbonyl (C=O) groups is 2. The first-order valence-corrected chi connectivity index (χ1v) is 12.5. The van der Waals surface area contributed by atoms with Gasteiger partial charge in [-0.1, -0.05) is 12.0 Å². The number of nitrogens with zero attached hydrogens (tertiary/aromatic N) is 5. The van der Waals surface area contributed by atoms with Crippen molar-refractivity contribution in [2.24, 2.45) is 0 Å². The molecule has 2 aromatic heterocycles. The highest BCUT2D eigenvalue weighted by Crippen LogP contribution is 2.37. The van der Waals surface area contributed by atoms with Gasteiger partial charge in [-0.2, -0.15) is 0 Å². The Balaban J connectivity index is 1.21. The Morgan fingerprint density at radius 3 is 2.84 bits per heavy atom. The Morgan fingerprint density at radius 1 is 1.13 bits per heavy atom. The summed E-state index contributed by atoms with van der Waals surface area (Å²) in [6.07, 6.45) is 12.5. The third-order valence-electron chi connectivity index (χ3n) is 6.49. The predicted octanol–water partition coefficient (Wildman–Crippen LogP) is 2.46. The first-order chi connectivity index (χ1) is 18.6. The molecule has 0 radical (unpaired) electrons. The van der Waals surface area contributed by atoms with E-state index in [0.717, 1.165) is 81.0 Å². The maximum Gasteiger partial charge on any atom is 0.330 e. The van der Waals surface area contributed by atoms with Crippen molar-refractivity contribution < 1.29 is 19.1 Å². The molecule has 1 amide bonds. The number of aromatic nitrogens is 3. The quantitative estimate of drug-likeness (QED) is 0.211. The molecule has 2 aliphatic rings. The van der Waals surface area contributed by atoms with Gasteiger partial charge in [0.2, 0.25) is 5.91 Å². The average molecular weight is 513 g/mol. The van der Waals surface area contributed by atoms with Gasteiger partial charge in [0.05, 0.1) is 31.5 Å². The van der Waals surface area contributed by atoms with Crippen molar-refractivity contribution in [3.05, 3.63) is 60.1 Å². The van der Waals surface area contributed by atoms with Crippen molar-refractivity contribution in [1.29, 1.82) is 0 Å². The molecule has 2 aliphatic heterocycles. The third-order valence-corrected chi connectivity index (χ3v) is 6.49. The van der Waals surface area contributed by atoms with Gasteiger partial charge in [-0.25, -0.2) is 19.7 Å². The van der Waals surface area contributed by atoms with E-state index in [1.807, 2.05) is 18.2 Å². The Bertz CT molecular complexity index is 1410. The number of fused-ring (bicyclic) bond motifs is 2. The number of rotatable bonds is 8. The highest BCUT2D eigenvalue weighted by atomic mass is 16.5. The van der Waals surface area contributed by atoms with Gasteiger partial charge in [-0.3, -0.25) is 9.69 Å². The average Bonchev–Trinajstić information content (AvgIpc) is 3.37. The summed E-state index contributed by atoms with van der Waals surface area (Å²) in [7, 11) is 0. The van der Waals surface area contributed by atoms with E-state index in [4.69, 9.17) is 15.9 Å². The van der Waals surface area contributed by atoms with E-state index >= 15 is 0 Å². The number of amides is 1. The van der Waals surface area contributed by atoms with Crippen molar-refractivity contribution in [2.75, 3.05) is 56.2 Å². The van der Waals surface area contributed by atoms with Crippen molar-refractivity contribution >= 4 is 40.1 Å². The molecular weight excluding hydrogens is 484 g/mol. The molecule has 10 nitrogen and oxygen atoms in total. The number of carbonyl (C=O) groups excluding carboxylic acids is 2. The second-order valence-electron chi connectivity index (χ2n) is 8.97. The summed E-state index contributed by atoms with van der Waals surface area (Å²) in [6, 6.07) is 7.69. The minimum atomic E-state index is -0.566. The van der Waals surface area contributed by atoms with Gasteiger partial charge < -0.3 is 19.7 Å². The minimum absolute atomic E-state index is 0.291. The third kappa shape index (κ3) is 5.96. The molecule has 0 unspecified atom stereocenters. The van der Waals surface area contributed by atoms with E-state index in [2.05, 4.69) is 36.0 Å². The van der Waals surface area contributed by atoms with Crippen LogP contribution in [0.1, 0.15) is 17.5 Å². The maximum atomic E-state index is 12.4. The van der Waals surface area contributed by atoms with Gasteiger partial charge in [0.15, 0.2) is 0 Å². The Hall–Kier alpha value is -4.33. The summed E-state index contributed by atoms with van der Waals surface area (Å²) < 4.78 is 10.5. The smallest absolute Gasteiger partial charge is 0.330 e. The standard InChI is InChI=1S/C28H28N6O4/c1-2-20-4-5-21-8-10-34(24(21)16-20)28-22-17-25(29-18-23(22)30-19-31-28)32-26(35)6-7-27(36)38-13-3-9-33-11-14-37-15-12-33/h1,4-7,16-19H,3,8-15H2,(H,29,32,35)/b7-6+. The molecule has 1 aromatic carbocycles. The zero-order chi connectivity index (χ0) is 26.3. The lowest BCUT2D eigenvalue weighted by molar-refractivity contribution is -0.138. The molecule has 0 spiro atoms. The van der Waals surface area contributed by atoms with Crippen LogP contribution in [0.15, 0.2) is 48.9 Å². The zero-order valence-electron chi connectivity index (χ0n) is 20.9. The van der Waals surface area contributed by atoms with Crippen molar-refractivity contribution in [2.45, 2.75) is 12.8 Å². The van der Waals surface area contributed by atoms with Crippen molar-refractivity contribution in [3.8, 4) is 12.3 Å². The van der Waals surface area contributed by atoms with Crippen LogP contribution in [0.25, 0.3) is 10.9 Å². The Labute approximate surface area is 220 Å².